The van der Waals surface area contributed by atoms with Crippen LogP contribution in [0.3, 0.4) is 0 Å². The van der Waals surface area contributed by atoms with Crippen molar-refractivity contribution in [1.82, 2.24) is 0 Å². The first-order chi connectivity index (χ1) is 9.56. The fourth-order valence-corrected chi connectivity index (χ4v) is 6.56. The maximum Gasteiger partial charge on any atom is 0.0656 e. The average Bonchev–Trinajstić information content (AvgIpc) is 2.36. The van der Waals surface area contributed by atoms with E-state index in [1.54, 1.807) is 0 Å². The molecule has 3 heteroatoms. The van der Waals surface area contributed by atoms with Crippen molar-refractivity contribution in [3.63, 3.8) is 0 Å². The first-order valence-corrected chi connectivity index (χ1v) is 8.84. The Morgan fingerprint density at radius 1 is 0.950 bits per heavy atom. The quantitative estimate of drug-likeness (QED) is 0.544. The predicted octanol–water partition coefficient (Wildman–Crippen LogP) is 6.49. The Bertz CT molecular complexity index is 502. The molecule has 0 N–H and O–H groups in total. The van der Waals surface area contributed by atoms with Crippen molar-refractivity contribution in [3.8, 4) is 0 Å². The van der Waals surface area contributed by atoms with Crippen molar-refractivity contribution in [2.75, 3.05) is 0 Å². The molecule has 4 aliphatic rings. The Morgan fingerprint density at radius 3 is 2.00 bits per heavy atom. The predicted molar refractivity (Wildman–Crippen MR) is 85.7 cm³/mol. The molecule has 0 amide bonds. The van der Waals surface area contributed by atoms with Crippen LogP contribution < -0.4 is 0 Å². The molecule has 0 heterocycles. The van der Waals surface area contributed by atoms with E-state index in [4.69, 9.17) is 34.8 Å². The highest BCUT2D eigenvalue weighted by Crippen LogP contribution is 2.65. The molecule has 0 aliphatic heterocycles. The summed E-state index contributed by atoms with van der Waals surface area (Å²) in [7, 11) is 0. The summed E-state index contributed by atoms with van der Waals surface area (Å²) in [6.45, 7) is 0. The average molecular weight is 330 g/mol. The summed E-state index contributed by atoms with van der Waals surface area (Å²) in [5.74, 6) is 2.73. The van der Waals surface area contributed by atoms with Gasteiger partial charge < -0.3 is 0 Å². The van der Waals surface area contributed by atoms with Crippen LogP contribution in [0.5, 0.6) is 0 Å². The normalized spacial score (nSPS) is 40.0. The van der Waals surface area contributed by atoms with Gasteiger partial charge in [0.1, 0.15) is 0 Å². The Hall–Kier alpha value is 0.0900. The van der Waals surface area contributed by atoms with Gasteiger partial charge >= 0.3 is 0 Å². The van der Waals surface area contributed by atoms with Crippen LogP contribution >= 0.6 is 34.8 Å². The van der Waals surface area contributed by atoms with Crippen LogP contribution in [0.2, 0.25) is 10.0 Å². The molecule has 5 rings (SSSR count). The first-order valence-electron chi connectivity index (χ1n) is 7.65. The third kappa shape index (κ3) is 2.11. The van der Waals surface area contributed by atoms with Gasteiger partial charge in [-0.15, -0.1) is 11.6 Å². The Balaban J connectivity index is 1.69. The van der Waals surface area contributed by atoms with E-state index in [0.29, 0.717) is 5.02 Å². The zero-order valence-corrected chi connectivity index (χ0v) is 13.7. The van der Waals surface area contributed by atoms with Gasteiger partial charge in [0, 0.05) is 10.0 Å². The summed E-state index contributed by atoms with van der Waals surface area (Å²) in [6.07, 6.45) is 8.22. The molecular weight excluding hydrogens is 311 g/mol. The molecule has 108 valence electrons. The lowest BCUT2D eigenvalue weighted by molar-refractivity contribution is -0.0552. The van der Waals surface area contributed by atoms with Gasteiger partial charge in [-0.3, -0.25) is 0 Å². The largest absolute Gasteiger partial charge is 0.117 e. The van der Waals surface area contributed by atoms with Gasteiger partial charge in [-0.1, -0.05) is 29.3 Å². The summed E-state index contributed by atoms with van der Waals surface area (Å²) < 4.78 is 0. The van der Waals surface area contributed by atoms with Crippen molar-refractivity contribution in [2.45, 2.75) is 43.9 Å². The lowest BCUT2D eigenvalue weighted by Gasteiger charge is -2.58. The van der Waals surface area contributed by atoms with Gasteiger partial charge in [-0.05, 0) is 79.4 Å². The minimum Gasteiger partial charge on any atom is -0.117 e. The molecule has 0 spiro atoms. The maximum atomic E-state index is 6.96. The molecule has 0 aromatic heterocycles. The van der Waals surface area contributed by atoms with Crippen LogP contribution in [0, 0.1) is 23.2 Å². The Kier molecular flexibility index (Phi) is 3.29. The van der Waals surface area contributed by atoms with Gasteiger partial charge in [0.05, 0.1) is 5.38 Å². The van der Waals surface area contributed by atoms with E-state index in [2.05, 4.69) is 0 Å². The standard InChI is InChI=1S/C17H19Cl3/c18-13-1-2-14(15(19)6-13)16(20)17-7-10-3-11(8-17)5-12(4-10)9-17/h1-2,6,10-12,16H,3-5,7-9H2. The number of hydrogen-bond acceptors (Lipinski definition) is 0. The number of hydrogen-bond donors (Lipinski definition) is 0. The maximum absolute atomic E-state index is 6.96. The second-order valence-electron chi connectivity index (χ2n) is 7.31. The van der Waals surface area contributed by atoms with Crippen LogP contribution in [0.1, 0.15) is 49.5 Å². The smallest absolute Gasteiger partial charge is 0.0656 e. The summed E-state index contributed by atoms with van der Waals surface area (Å²) >= 11 is 19.4. The van der Waals surface area contributed by atoms with Crippen LogP contribution in [-0.4, -0.2) is 0 Å². The fourth-order valence-electron chi connectivity index (χ4n) is 5.52. The first kappa shape index (κ1) is 13.7. The molecule has 4 fully saturated rings. The lowest BCUT2D eigenvalue weighted by atomic mass is 9.48. The highest BCUT2D eigenvalue weighted by molar-refractivity contribution is 6.35. The van der Waals surface area contributed by atoms with Crippen molar-refractivity contribution >= 4 is 34.8 Å². The zero-order chi connectivity index (χ0) is 13.9. The monoisotopic (exact) mass is 328 g/mol. The van der Waals surface area contributed by atoms with E-state index in [1.165, 1.54) is 38.5 Å². The molecule has 4 saturated carbocycles. The molecule has 1 aromatic rings. The van der Waals surface area contributed by atoms with Crippen LogP contribution in [0.25, 0.3) is 0 Å². The van der Waals surface area contributed by atoms with Gasteiger partial charge in [-0.25, -0.2) is 0 Å². The van der Waals surface area contributed by atoms with Gasteiger partial charge in [0.25, 0.3) is 0 Å². The fraction of sp³-hybridized carbons (Fsp3) is 0.647. The Morgan fingerprint density at radius 2 is 1.50 bits per heavy atom. The van der Waals surface area contributed by atoms with Crippen LogP contribution in [0.15, 0.2) is 18.2 Å². The molecule has 4 aliphatic carbocycles. The summed E-state index contributed by atoms with van der Waals surface area (Å²) in [5.41, 5.74) is 1.37. The molecule has 0 saturated heterocycles. The van der Waals surface area contributed by atoms with E-state index in [0.717, 1.165) is 28.3 Å². The summed E-state index contributed by atoms with van der Waals surface area (Å²) in [6, 6.07) is 5.77. The van der Waals surface area contributed by atoms with Gasteiger partial charge in [-0.2, -0.15) is 0 Å². The molecule has 4 bridgehead atoms. The number of alkyl halides is 1. The summed E-state index contributed by atoms with van der Waals surface area (Å²) in [5, 5.41) is 1.46. The topological polar surface area (TPSA) is 0 Å². The third-order valence-electron chi connectivity index (χ3n) is 5.86. The Labute approximate surface area is 135 Å². The minimum absolute atomic E-state index is 0.0423. The van der Waals surface area contributed by atoms with Crippen molar-refractivity contribution < 1.29 is 0 Å². The van der Waals surface area contributed by atoms with E-state index in [1.807, 2.05) is 18.2 Å². The molecule has 20 heavy (non-hydrogen) atoms. The minimum atomic E-state index is 0.0423. The van der Waals surface area contributed by atoms with Crippen molar-refractivity contribution in [2.24, 2.45) is 23.2 Å². The second kappa shape index (κ2) is 4.80. The number of halogens is 3. The second-order valence-corrected chi connectivity index (χ2v) is 8.59. The van der Waals surface area contributed by atoms with Crippen molar-refractivity contribution in [3.05, 3.63) is 33.8 Å². The highest BCUT2D eigenvalue weighted by Gasteiger charge is 2.54. The molecule has 0 radical (unpaired) electrons. The molecule has 1 atom stereocenters. The van der Waals surface area contributed by atoms with Crippen LogP contribution in [0.4, 0.5) is 0 Å². The molecule has 1 unspecified atom stereocenters. The SMILES string of the molecule is Clc1ccc(C(Cl)C23CC4CC(CC(C4)C2)C3)c(Cl)c1. The molecular formula is C17H19Cl3. The number of rotatable bonds is 2. The van der Waals surface area contributed by atoms with Gasteiger partial charge in [0.2, 0.25) is 0 Å². The van der Waals surface area contributed by atoms with E-state index in [9.17, 15) is 0 Å². The molecule has 1 aromatic carbocycles. The summed E-state index contributed by atoms with van der Waals surface area (Å²) in [4.78, 5) is 0. The van der Waals surface area contributed by atoms with E-state index >= 15 is 0 Å². The van der Waals surface area contributed by atoms with Crippen LogP contribution in [-0.2, 0) is 0 Å². The van der Waals surface area contributed by atoms with E-state index in [-0.39, 0.29) is 10.8 Å². The molecule has 0 nitrogen and oxygen atoms in total. The third-order valence-corrected chi connectivity index (χ3v) is 7.12. The van der Waals surface area contributed by atoms with Gasteiger partial charge in [0.15, 0.2) is 0 Å². The lowest BCUT2D eigenvalue weighted by Crippen LogP contribution is -2.47. The number of benzene rings is 1. The van der Waals surface area contributed by atoms with Crippen molar-refractivity contribution in [1.29, 1.82) is 0 Å². The van der Waals surface area contributed by atoms with E-state index < -0.39 is 0 Å². The zero-order valence-electron chi connectivity index (χ0n) is 11.4. The highest BCUT2D eigenvalue weighted by atomic mass is 35.5.